The molecule has 0 saturated carbocycles. The minimum absolute atomic E-state index is 0.710. The van der Waals surface area contributed by atoms with E-state index in [1.165, 1.54) is 43.2 Å². The van der Waals surface area contributed by atoms with Gasteiger partial charge < -0.3 is 4.90 Å². The normalized spacial score (nSPS) is 17.4. The van der Waals surface area contributed by atoms with Gasteiger partial charge in [-0.2, -0.15) is 0 Å². The van der Waals surface area contributed by atoms with E-state index in [1.54, 1.807) is 0 Å². The molecule has 1 saturated heterocycles. The van der Waals surface area contributed by atoms with Gasteiger partial charge in [-0.1, -0.05) is 13.8 Å². The number of piperidine rings is 1. The predicted octanol–water partition coefficient (Wildman–Crippen LogP) is 3.33. The lowest BCUT2D eigenvalue weighted by atomic mass is 10.1. The summed E-state index contributed by atoms with van der Waals surface area (Å²) in [6.07, 6.45) is 5.17. The van der Waals surface area contributed by atoms with E-state index in [0.717, 1.165) is 6.42 Å². The lowest BCUT2D eigenvalue weighted by Gasteiger charge is -2.25. The van der Waals surface area contributed by atoms with Crippen LogP contribution in [0, 0.1) is 5.92 Å². The van der Waals surface area contributed by atoms with Crippen molar-refractivity contribution < 1.29 is 0 Å². The van der Waals surface area contributed by atoms with E-state index in [2.05, 4.69) is 24.1 Å². The van der Waals surface area contributed by atoms with E-state index in [1.807, 2.05) is 11.3 Å². The summed E-state index contributed by atoms with van der Waals surface area (Å²) in [6.45, 7) is 6.91. The summed E-state index contributed by atoms with van der Waals surface area (Å²) in [4.78, 5) is 7.16. The summed E-state index contributed by atoms with van der Waals surface area (Å²) in [7, 11) is 0. The summed E-state index contributed by atoms with van der Waals surface area (Å²) in [5.41, 5.74) is 1.27. The van der Waals surface area contributed by atoms with Gasteiger partial charge in [0.1, 0.15) is 0 Å². The van der Waals surface area contributed by atoms with Gasteiger partial charge in [-0.25, -0.2) is 4.98 Å². The van der Waals surface area contributed by atoms with E-state index >= 15 is 0 Å². The van der Waals surface area contributed by atoms with Gasteiger partial charge in [0, 0.05) is 18.5 Å². The minimum Gasteiger partial charge on any atom is -0.348 e. The molecule has 0 atom stereocenters. The third-order valence-electron chi connectivity index (χ3n) is 2.78. The molecule has 0 radical (unpaired) electrons. The summed E-state index contributed by atoms with van der Waals surface area (Å²) in [6, 6.07) is 0. The molecule has 1 fully saturated rings. The van der Waals surface area contributed by atoms with Crippen molar-refractivity contribution in [1.82, 2.24) is 4.98 Å². The van der Waals surface area contributed by atoms with E-state index in [9.17, 15) is 0 Å². The molecular formula is C12H20N2S. The van der Waals surface area contributed by atoms with Gasteiger partial charge in [-0.3, -0.25) is 0 Å². The van der Waals surface area contributed by atoms with Crippen molar-refractivity contribution in [3.63, 3.8) is 0 Å². The lowest BCUT2D eigenvalue weighted by molar-refractivity contribution is 0.575. The monoisotopic (exact) mass is 224 g/mol. The molecule has 3 heteroatoms. The van der Waals surface area contributed by atoms with Crippen molar-refractivity contribution >= 4 is 16.5 Å². The summed E-state index contributed by atoms with van der Waals surface area (Å²) in [5, 5.41) is 3.47. The molecule has 0 amide bonds. The van der Waals surface area contributed by atoms with E-state index in [0.29, 0.717) is 5.92 Å². The van der Waals surface area contributed by atoms with Crippen molar-refractivity contribution in [3.8, 4) is 0 Å². The summed E-state index contributed by atoms with van der Waals surface area (Å²) < 4.78 is 0. The highest BCUT2D eigenvalue weighted by Gasteiger charge is 2.14. The molecule has 0 unspecified atom stereocenters. The minimum atomic E-state index is 0.710. The molecule has 2 rings (SSSR count). The van der Waals surface area contributed by atoms with Crippen molar-refractivity contribution in [2.45, 2.75) is 39.5 Å². The molecule has 15 heavy (non-hydrogen) atoms. The third-order valence-corrected chi connectivity index (χ3v) is 3.73. The third kappa shape index (κ3) is 2.94. The predicted molar refractivity (Wildman–Crippen MR) is 66.7 cm³/mol. The Morgan fingerprint density at radius 1 is 1.33 bits per heavy atom. The number of anilines is 1. The number of hydrogen-bond acceptors (Lipinski definition) is 3. The molecule has 0 aromatic carbocycles. The van der Waals surface area contributed by atoms with E-state index in [4.69, 9.17) is 4.98 Å². The number of nitrogens with zero attached hydrogens (tertiary/aromatic N) is 2. The van der Waals surface area contributed by atoms with Gasteiger partial charge in [0.15, 0.2) is 5.13 Å². The van der Waals surface area contributed by atoms with Crippen LogP contribution in [0.3, 0.4) is 0 Å². The molecule has 84 valence electrons. The molecule has 0 bridgehead atoms. The van der Waals surface area contributed by atoms with Crippen LogP contribution in [0.15, 0.2) is 5.38 Å². The Kier molecular flexibility index (Phi) is 3.62. The molecular weight excluding hydrogens is 204 g/mol. The zero-order valence-electron chi connectivity index (χ0n) is 9.70. The van der Waals surface area contributed by atoms with E-state index < -0.39 is 0 Å². The van der Waals surface area contributed by atoms with Crippen LogP contribution in [0.4, 0.5) is 5.13 Å². The Labute approximate surface area is 96.3 Å². The van der Waals surface area contributed by atoms with Crippen LogP contribution in [-0.2, 0) is 6.42 Å². The average molecular weight is 224 g/mol. The quantitative estimate of drug-likeness (QED) is 0.783. The number of rotatable bonds is 3. The number of aromatic nitrogens is 1. The van der Waals surface area contributed by atoms with Gasteiger partial charge in [0.2, 0.25) is 0 Å². The topological polar surface area (TPSA) is 16.1 Å². The first-order chi connectivity index (χ1) is 7.25. The fraction of sp³-hybridized carbons (Fsp3) is 0.750. The molecule has 1 aromatic rings. The zero-order chi connectivity index (χ0) is 10.7. The van der Waals surface area contributed by atoms with E-state index in [-0.39, 0.29) is 0 Å². The molecule has 0 N–H and O–H groups in total. The first-order valence-electron chi connectivity index (χ1n) is 5.95. The van der Waals surface area contributed by atoms with Crippen molar-refractivity contribution in [2.24, 2.45) is 5.92 Å². The maximum Gasteiger partial charge on any atom is 0.185 e. The molecule has 2 nitrogen and oxygen atoms in total. The van der Waals surface area contributed by atoms with Gasteiger partial charge in [-0.05, 0) is 31.6 Å². The smallest absolute Gasteiger partial charge is 0.185 e. The molecule has 0 aliphatic carbocycles. The second kappa shape index (κ2) is 4.97. The highest BCUT2D eigenvalue weighted by atomic mass is 32.1. The fourth-order valence-corrected chi connectivity index (χ4v) is 2.93. The maximum atomic E-state index is 4.72. The van der Waals surface area contributed by atoms with Crippen molar-refractivity contribution in [1.29, 1.82) is 0 Å². The SMILES string of the molecule is CC(C)Cc1csc(N2CCCCC2)n1. The Morgan fingerprint density at radius 2 is 2.07 bits per heavy atom. The Balaban J connectivity index is 1.99. The van der Waals surface area contributed by atoms with Crippen molar-refractivity contribution in [3.05, 3.63) is 11.1 Å². The second-order valence-electron chi connectivity index (χ2n) is 4.77. The van der Waals surface area contributed by atoms with Crippen LogP contribution in [0.1, 0.15) is 38.8 Å². The average Bonchev–Trinajstić information content (AvgIpc) is 2.67. The first kappa shape index (κ1) is 10.9. The van der Waals surface area contributed by atoms with Gasteiger partial charge in [0.05, 0.1) is 5.69 Å². The van der Waals surface area contributed by atoms with Crippen LogP contribution in [0.5, 0.6) is 0 Å². The number of hydrogen-bond donors (Lipinski definition) is 0. The summed E-state index contributed by atoms with van der Waals surface area (Å²) >= 11 is 1.81. The van der Waals surface area contributed by atoms with Gasteiger partial charge in [0.25, 0.3) is 0 Å². The summed E-state index contributed by atoms with van der Waals surface area (Å²) in [5.74, 6) is 0.710. The van der Waals surface area contributed by atoms with Gasteiger partial charge >= 0.3 is 0 Å². The lowest BCUT2D eigenvalue weighted by Crippen LogP contribution is -2.29. The van der Waals surface area contributed by atoms with Gasteiger partial charge in [-0.15, -0.1) is 11.3 Å². The number of thiazole rings is 1. The van der Waals surface area contributed by atoms with Crippen molar-refractivity contribution in [2.75, 3.05) is 18.0 Å². The molecule has 2 heterocycles. The fourth-order valence-electron chi connectivity index (χ4n) is 2.04. The van der Waals surface area contributed by atoms with Crippen LogP contribution >= 0.6 is 11.3 Å². The first-order valence-corrected chi connectivity index (χ1v) is 6.83. The molecule has 1 aliphatic heterocycles. The molecule has 1 aliphatic rings. The molecule has 1 aromatic heterocycles. The second-order valence-corrected chi connectivity index (χ2v) is 5.60. The zero-order valence-corrected chi connectivity index (χ0v) is 10.5. The Bertz CT molecular complexity index is 300. The highest BCUT2D eigenvalue weighted by Crippen LogP contribution is 2.24. The molecule has 0 spiro atoms. The largest absolute Gasteiger partial charge is 0.348 e. The highest BCUT2D eigenvalue weighted by molar-refractivity contribution is 7.13. The van der Waals surface area contributed by atoms with Crippen LogP contribution in [-0.4, -0.2) is 18.1 Å². The van der Waals surface area contributed by atoms with Crippen LogP contribution < -0.4 is 4.90 Å². The van der Waals surface area contributed by atoms with Crippen LogP contribution in [0.2, 0.25) is 0 Å². The standard InChI is InChI=1S/C12H20N2S/c1-10(2)8-11-9-15-12(13-11)14-6-4-3-5-7-14/h9-10H,3-8H2,1-2H3. The Morgan fingerprint density at radius 3 is 2.73 bits per heavy atom. The van der Waals surface area contributed by atoms with Crippen LogP contribution in [0.25, 0.3) is 0 Å². The maximum absolute atomic E-state index is 4.72. The Hall–Kier alpha value is -0.570.